The number of fused-ring (bicyclic) bond motifs is 3. The molecule has 3 aliphatic heterocycles. The number of rotatable bonds is 5. The van der Waals surface area contributed by atoms with Crippen molar-refractivity contribution >= 4 is 17.5 Å². The number of anilines is 1. The molecule has 0 bridgehead atoms. The average molecular weight is 450 g/mol. The maximum atomic E-state index is 13.1. The minimum Gasteiger partial charge on any atom is -0.495 e. The summed E-state index contributed by atoms with van der Waals surface area (Å²) in [7, 11) is 1.52. The van der Waals surface area contributed by atoms with Crippen LogP contribution in [0.25, 0.3) is 0 Å². The lowest BCUT2D eigenvalue weighted by Gasteiger charge is -2.36. The number of benzene rings is 1. The van der Waals surface area contributed by atoms with Crippen molar-refractivity contribution in [3.05, 3.63) is 24.3 Å². The van der Waals surface area contributed by atoms with E-state index in [2.05, 4.69) is 10.6 Å². The Hall–Kier alpha value is -2.24. The summed E-state index contributed by atoms with van der Waals surface area (Å²) in [6.45, 7) is 8.65. The fourth-order valence-corrected chi connectivity index (χ4v) is 4.17. The lowest BCUT2D eigenvalue weighted by Crippen LogP contribution is -2.60. The van der Waals surface area contributed by atoms with Gasteiger partial charge in [0.25, 0.3) is 5.91 Å². The number of carbonyl (C=O) groups is 2. The molecule has 0 aromatic heterocycles. The number of nitrogens with one attached hydrogen (secondary N) is 2. The van der Waals surface area contributed by atoms with Crippen molar-refractivity contribution in [2.45, 2.75) is 82.9 Å². The molecular formula is C22H30N2O8. The molecule has 1 aromatic carbocycles. The van der Waals surface area contributed by atoms with Crippen molar-refractivity contribution in [3.8, 4) is 5.75 Å². The first-order chi connectivity index (χ1) is 15.0. The summed E-state index contributed by atoms with van der Waals surface area (Å²) in [4.78, 5) is 25.8. The minimum atomic E-state index is -1.04. The van der Waals surface area contributed by atoms with Gasteiger partial charge in [0.2, 0.25) is 5.91 Å². The van der Waals surface area contributed by atoms with Crippen LogP contribution in [-0.2, 0) is 33.3 Å². The largest absolute Gasteiger partial charge is 0.495 e. The quantitative estimate of drug-likeness (QED) is 0.695. The van der Waals surface area contributed by atoms with Crippen molar-refractivity contribution in [1.29, 1.82) is 0 Å². The van der Waals surface area contributed by atoms with Gasteiger partial charge < -0.3 is 39.1 Å². The summed E-state index contributed by atoms with van der Waals surface area (Å²) in [6, 6.07) is 6.17. The van der Waals surface area contributed by atoms with E-state index in [1.165, 1.54) is 7.11 Å². The molecule has 176 valence electrons. The molecule has 3 saturated heterocycles. The lowest BCUT2D eigenvalue weighted by molar-refractivity contribution is -0.231. The topological polar surface area (TPSA) is 114 Å². The van der Waals surface area contributed by atoms with E-state index in [9.17, 15) is 9.59 Å². The Balaban J connectivity index is 1.45. The smallest absolute Gasteiger partial charge is 0.252 e. The molecule has 4 rings (SSSR count). The van der Waals surface area contributed by atoms with E-state index in [4.69, 9.17) is 28.4 Å². The third-order valence-electron chi connectivity index (χ3n) is 5.53. The zero-order chi connectivity index (χ0) is 23.3. The Labute approximate surface area is 186 Å². The molecule has 3 aliphatic rings. The highest BCUT2D eigenvalue weighted by Crippen LogP contribution is 2.44. The zero-order valence-electron chi connectivity index (χ0n) is 19.0. The highest BCUT2D eigenvalue weighted by Gasteiger charge is 2.62. The Kier molecular flexibility index (Phi) is 5.93. The van der Waals surface area contributed by atoms with E-state index in [0.29, 0.717) is 11.4 Å². The van der Waals surface area contributed by atoms with Crippen LogP contribution in [0.1, 0.15) is 34.6 Å². The van der Waals surface area contributed by atoms with Crippen molar-refractivity contribution in [1.82, 2.24) is 5.32 Å². The number of hydrogen-bond acceptors (Lipinski definition) is 8. The summed E-state index contributed by atoms with van der Waals surface area (Å²) in [6.07, 6.45) is -3.64. The predicted octanol–water partition coefficient (Wildman–Crippen LogP) is 1.53. The first-order valence-corrected chi connectivity index (χ1v) is 10.6. The molecule has 0 aliphatic carbocycles. The monoisotopic (exact) mass is 450 g/mol. The minimum absolute atomic E-state index is 0.404. The molecule has 0 spiro atoms. The van der Waals surface area contributed by atoms with Crippen molar-refractivity contribution in [2.24, 2.45) is 0 Å². The van der Waals surface area contributed by atoms with Gasteiger partial charge in [0.1, 0.15) is 30.1 Å². The van der Waals surface area contributed by atoms with Crippen LogP contribution < -0.4 is 15.4 Å². The molecule has 32 heavy (non-hydrogen) atoms. The second-order valence-corrected chi connectivity index (χ2v) is 9.01. The summed E-state index contributed by atoms with van der Waals surface area (Å²) in [5.74, 6) is -2.20. The van der Waals surface area contributed by atoms with E-state index in [1.807, 2.05) is 0 Å². The lowest BCUT2D eigenvalue weighted by atomic mass is 9.98. The van der Waals surface area contributed by atoms with Crippen LogP contribution in [0.4, 0.5) is 5.69 Å². The fourth-order valence-electron chi connectivity index (χ4n) is 4.17. The summed E-state index contributed by atoms with van der Waals surface area (Å²) < 4.78 is 34.9. The van der Waals surface area contributed by atoms with Crippen molar-refractivity contribution in [3.63, 3.8) is 0 Å². The van der Waals surface area contributed by atoms with Gasteiger partial charge in [-0.1, -0.05) is 12.1 Å². The highest BCUT2D eigenvalue weighted by molar-refractivity contribution is 5.98. The predicted molar refractivity (Wildman–Crippen MR) is 112 cm³/mol. The number of methoxy groups -OCH3 is 1. The Morgan fingerprint density at radius 1 is 0.969 bits per heavy atom. The number of hydrogen-bond donors (Lipinski definition) is 2. The van der Waals surface area contributed by atoms with Crippen LogP contribution in [0.2, 0.25) is 0 Å². The van der Waals surface area contributed by atoms with E-state index in [-0.39, 0.29) is 0 Å². The number of carbonyl (C=O) groups excluding carboxylic acids is 2. The average Bonchev–Trinajstić information content (AvgIpc) is 3.21. The van der Waals surface area contributed by atoms with Gasteiger partial charge in [-0.05, 0) is 46.8 Å². The van der Waals surface area contributed by atoms with E-state index in [0.717, 1.165) is 0 Å². The first kappa shape index (κ1) is 22.9. The Morgan fingerprint density at radius 2 is 1.59 bits per heavy atom. The molecule has 2 N–H and O–H groups in total. The molecule has 0 saturated carbocycles. The van der Waals surface area contributed by atoms with Crippen LogP contribution in [-0.4, -0.2) is 67.2 Å². The van der Waals surface area contributed by atoms with Crippen LogP contribution >= 0.6 is 0 Å². The van der Waals surface area contributed by atoms with Crippen molar-refractivity contribution in [2.75, 3.05) is 12.4 Å². The van der Waals surface area contributed by atoms with E-state index >= 15 is 0 Å². The van der Waals surface area contributed by atoms with Crippen LogP contribution in [0.3, 0.4) is 0 Å². The molecule has 1 aromatic rings. The molecule has 0 radical (unpaired) electrons. The zero-order valence-corrected chi connectivity index (χ0v) is 19.0. The van der Waals surface area contributed by atoms with Gasteiger partial charge in [-0.25, -0.2) is 0 Å². The van der Waals surface area contributed by atoms with E-state index in [1.54, 1.807) is 58.9 Å². The molecule has 10 nitrogen and oxygen atoms in total. The summed E-state index contributed by atoms with van der Waals surface area (Å²) >= 11 is 0. The van der Waals surface area contributed by atoms with Gasteiger partial charge in [0.15, 0.2) is 24.0 Å². The SMILES string of the molecule is COc1ccccc1NC(=O)[C@H](C)NC(=O)[C@@H]1O[C@@H]2OC(C)(C)O[C@H]2[C@H]2OC(C)(C)O[C@@H]21. The molecule has 0 unspecified atom stereocenters. The molecule has 3 fully saturated rings. The van der Waals surface area contributed by atoms with Gasteiger partial charge in [-0.2, -0.15) is 0 Å². The Morgan fingerprint density at radius 3 is 2.31 bits per heavy atom. The Bertz CT molecular complexity index is 888. The van der Waals surface area contributed by atoms with Gasteiger partial charge in [-0.15, -0.1) is 0 Å². The van der Waals surface area contributed by atoms with Gasteiger partial charge in [0.05, 0.1) is 12.8 Å². The maximum absolute atomic E-state index is 13.1. The van der Waals surface area contributed by atoms with Crippen molar-refractivity contribution < 1.29 is 38.0 Å². The van der Waals surface area contributed by atoms with Gasteiger partial charge in [0, 0.05) is 0 Å². The molecule has 10 heteroatoms. The number of ether oxygens (including phenoxy) is 6. The summed E-state index contributed by atoms with van der Waals surface area (Å²) in [5, 5.41) is 5.46. The second-order valence-electron chi connectivity index (χ2n) is 9.01. The standard InChI is InChI=1S/C22H30N2O8/c1-11(18(25)24-12-9-7-8-10-13(12)27-6)23-19(26)16-14-15(30-21(2,3)29-14)17-20(28-16)32-22(4,5)31-17/h7-11,14-17,20H,1-6H3,(H,23,26)(H,24,25)/t11-,14-,15-,16+,17-,20+/m0/s1. The molecular weight excluding hydrogens is 420 g/mol. The van der Waals surface area contributed by atoms with Crippen LogP contribution in [0.15, 0.2) is 24.3 Å². The second kappa shape index (κ2) is 8.27. The molecule has 2 amide bonds. The first-order valence-electron chi connectivity index (χ1n) is 10.6. The number of para-hydroxylation sites is 2. The van der Waals surface area contributed by atoms with Crippen LogP contribution in [0, 0.1) is 0 Å². The third-order valence-corrected chi connectivity index (χ3v) is 5.53. The maximum Gasteiger partial charge on any atom is 0.252 e. The van der Waals surface area contributed by atoms with Gasteiger partial charge >= 0.3 is 0 Å². The van der Waals surface area contributed by atoms with E-state index < -0.39 is 60.1 Å². The number of amides is 2. The van der Waals surface area contributed by atoms with Gasteiger partial charge in [-0.3, -0.25) is 9.59 Å². The highest BCUT2D eigenvalue weighted by atomic mass is 16.9. The fraction of sp³-hybridized carbons (Fsp3) is 0.636. The third kappa shape index (κ3) is 4.46. The molecule has 6 atom stereocenters. The van der Waals surface area contributed by atoms with Crippen LogP contribution in [0.5, 0.6) is 5.75 Å². The molecule has 3 heterocycles. The summed E-state index contributed by atoms with van der Waals surface area (Å²) in [5.41, 5.74) is 0.505. The normalized spacial score (nSPS) is 33.0.